The summed E-state index contributed by atoms with van der Waals surface area (Å²) in [5.41, 5.74) is 2.15. The highest BCUT2D eigenvalue weighted by Crippen LogP contribution is 2.34. The van der Waals surface area contributed by atoms with Gasteiger partial charge in [0, 0.05) is 44.5 Å². The molecule has 0 radical (unpaired) electrons. The van der Waals surface area contributed by atoms with E-state index in [1.54, 1.807) is 0 Å². The molecule has 7 nitrogen and oxygen atoms in total. The van der Waals surface area contributed by atoms with Crippen LogP contribution in [0, 0.1) is 0 Å². The summed E-state index contributed by atoms with van der Waals surface area (Å²) in [6, 6.07) is 11.9. The number of benzene rings is 2. The van der Waals surface area contributed by atoms with Crippen molar-refractivity contribution in [2.24, 2.45) is 0 Å². The lowest BCUT2D eigenvalue weighted by Gasteiger charge is -2.36. The molecule has 2 aromatic carbocycles. The van der Waals surface area contributed by atoms with Gasteiger partial charge in [0.25, 0.3) is 0 Å². The molecule has 3 heterocycles. The Morgan fingerprint density at radius 2 is 1.46 bits per heavy atom. The number of fused-ring (bicyclic) bond motifs is 2. The predicted octanol–water partition coefficient (Wildman–Crippen LogP) is 2.66. The van der Waals surface area contributed by atoms with Crippen LogP contribution in [0.5, 0.6) is 23.0 Å². The Hall–Kier alpha value is -2.71. The number of hydrogen-bond donors (Lipinski definition) is 1. The van der Waals surface area contributed by atoms with E-state index in [1.165, 1.54) is 5.56 Å². The Labute approximate surface area is 168 Å². The molecule has 0 bridgehead atoms. The fourth-order valence-electron chi connectivity index (χ4n) is 3.58. The molecule has 0 aliphatic carbocycles. The summed E-state index contributed by atoms with van der Waals surface area (Å²) in [4.78, 5) is 4.63. The predicted molar refractivity (Wildman–Crippen MR) is 108 cm³/mol. The minimum Gasteiger partial charge on any atom is -0.454 e. The van der Waals surface area contributed by atoms with Gasteiger partial charge in [-0.2, -0.15) is 0 Å². The second-order valence-corrected chi connectivity index (χ2v) is 7.34. The lowest BCUT2D eigenvalue weighted by atomic mass is 10.1. The second kappa shape index (κ2) is 7.37. The highest BCUT2D eigenvalue weighted by atomic mass is 32.1. The van der Waals surface area contributed by atoms with Crippen LogP contribution in [0.2, 0.25) is 0 Å². The molecule has 0 amide bonds. The Bertz CT molecular complexity index is 899. The summed E-state index contributed by atoms with van der Waals surface area (Å²) in [5, 5.41) is 4.04. The van der Waals surface area contributed by atoms with E-state index in [9.17, 15) is 0 Å². The molecular weight excluding hydrogens is 378 g/mol. The van der Waals surface area contributed by atoms with Crippen LogP contribution in [-0.4, -0.2) is 54.7 Å². The first-order valence-electron chi connectivity index (χ1n) is 9.31. The number of nitrogens with zero attached hydrogens (tertiary/aromatic N) is 2. The van der Waals surface area contributed by atoms with E-state index >= 15 is 0 Å². The zero-order chi connectivity index (χ0) is 18.9. The van der Waals surface area contributed by atoms with Crippen LogP contribution in [0.4, 0.5) is 5.69 Å². The maximum absolute atomic E-state index is 5.60. The van der Waals surface area contributed by atoms with Crippen LogP contribution < -0.4 is 24.3 Å². The third-order valence-corrected chi connectivity index (χ3v) is 5.49. The molecule has 1 fully saturated rings. The number of rotatable bonds is 3. The summed E-state index contributed by atoms with van der Waals surface area (Å²) in [7, 11) is 0. The van der Waals surface area contributed by atoms with Crippen molar-refractivity contribution in [1.82, 2.24) is 9.80 Å². The monoisotopic (exact) mass is 399 g/mol. The maximum Gasteiger partial charge on any atom is 0.231 e. The molecule has 0 spiro atoms. The van der Waals surface area contributed by atoms with Gasteiger partial charge < -0.3 is 29.2 Å². The van der Waals surface area contributed by atoms with E-state index < -0.39 is 0 Å². The molecular formula is C20H21N3O4S. The molecule has 1 N–H and O–H groups in total. The van der Waals surface area contributed by atoms with E-state index in [0.717, 1.165) is 66.5 Å². The average Bonchev–Trinajstić information content (AvgIpc) is 3.36. The van der Waals surface area contributed by atoms with Crippen molar-refractivity contribution in [1.29, 1.82) is 0 Å². The van der Waals surface area contributed by atoms with Crippen molar-refractivity contribution in [3.8, 4) is 23.0 Å². The van der Waals surface area contributed by atoms with E-state index in [2.05, 4.69) is 27.2 Å². The van der Waals surface area contributed by atoms with Gasteiger partial charge in [0.15, 0.2) is 28.1 Å². The molecule has 28 heavy (non-hydrogen) atoms. The summed E-state index contributed by atoms with van der Waals surface area (Å²) >= 11 is 5.60. The molecule has 0 aromatic heterocycles. The fourth-order valence-corrected chi connectivity index (χ4v) is 3.88. The van der Waals surface area contributed by atoms with Crippen LogP contribution in [-0.2, 0) is 6.54 Å². The Kier molecular flexibility index (Phi) is 4.58. The normalized spacial score (nSPS) is 17.6. The summed E-state index contributed by atoms with van der Waals surface area (Å²) in [5.74, 6) is 3.19. The molecule has 3 aliphatic heterocycles. The van der Waals surface area contributed by atoms with Gasteiger partial charge in [-0.3, -0.25) is 4.90 Å². The van der Waals surface area contributed by atoms with Gasteiger partial charge in [-0.25, -0.2) is 0 Å². The fraction of sp³-hybridized carbons (Fsp3) is 0.350. The van der Waals surface area contributed by atoms with Crippen LogP contribution in [0.1, 0.15) is 5.56 Å². The van der Waals surface area contributed by atoms with Crippen molar-refractivity contribution in [3.05, 3.63) is 42.0 Å². The van der Waals surface area contributed by atoms with Gasteiger partial charge in [0.05, 0.1) is 0 Å². The van der Waals surface area contributed by atoms with Crippen molar-refractivity contribution >= 4 is 23.0 Å². The molecule has 0 saturated carbocycles. The quantitative estimate of drug-likeness (QED) is 0.791. The molecule has 0 unspecified atom stereocenters. The van der Waals surface area contributed by atoms with Gasteiger partial charge in [-0.15, -0.1) is 0 Å². The molecule has 146 valence electrons. The van der Waals surface area contributed by atoms with Crippen LogP contribution in [0.3, 0.4) is 0 Å². The van der Waals surface area contributed by atoms with E-state index in [-0.39, 0.29) is 6.79 Å². The highest BCUT2D eigenvalue weighted by molar-refractivity contribution is 7.80. The third kappa shape index (κ3) is 3.53. The third-order valence-electron chi connectivity index (χ3n) is 5.13. The van der Waals surface area contributed by atoms with Gasteiger partial charge in [0.1, 0.15) is 0 Å². The SMILES string of the molecule is S=C(Nc1ccc2c(c1)OCO2)N1CCN(Cc2ccc3c(c2)OCO3)CC1. The van der Waals surface area contributed by atoms with Crippen molar-refractivity contribution in [2.45, 2.75) is 6.54 Å². The molecule has 5 rings (SSSR count). The Morgan fingerprint density at radius 3 is 2.21 bits per heavy atom. The molecule has 1 saturated heterocycles. The first kappa shape index (κ1) is 17.4. The van der Waals surface area contributed by atoms with Gasteiger partial charge in [-0.05, 0) is 42.0 Å². The maximum atomic E-state index is 5.60. The van der Waals surface area contributed by atoms with E-state index in [4.69, 9.17) is 31.2 Å². The van der Waals surface area contributed by atoms with Crippen LogP contribution in [0.15, 0.2) is 36.4 Å². The zero-order valence-electron chi connectivity index (χ0n) is 15.3. The molecule has 3 aliphatic rings. The van der Waals surface area contributed by atoms with Crippen molar-refractivity contribution < 1.29 is 18.9 Å². The standard InChI is InChI=1S/C20H21N3O4S/c28-20(21-15-2-4-17-19(10-15)27-13-25-17)23-7-5-22(6-8-23)11-14-1-3-16-18(9-14)26-12-24-16/h1-4,9-10H,5-8,11-13H2,(H,21,28). The lowest BCUT2D eigenvalue weighted by molar-refractivity contribution is 0.172. The number of hydrogen-bond acceptors (Lipinski definition) is 6. The number of thiocarbonyl (C=S) groups is 1. The number of nitrogens with one attached hydrogen (secondary N) is 1. The van der Waals surface area contributed by atoms with E-state index in [0.29, 0.717) is 6.79 Å². The minimum absolute atomic E-state index is 0.272. The topological polar surface area (TPSA) is 55.4 Å². The van der Waals surface area contributed by atoms with Crippen LogP contribution in [0.25, 0.3) is 0 Å². The first-order valence-corrected chi connectivity index (χ1v) is 9.72. The summed E-state index contributed by atoms with van der Waals surface area (Å²) in [6.07, 6.45) is 0. The summed E-state index contributed by atoms with van der Waals surface area (Å²) < 4.78 is 21.6. The molecule has 2 aromatic rings. The van der Waals surface area contributed by atoms with Crippen LogP contribution >= 0.6 is 12.2 Å². The van der Waals surface area contributed by atoms with Gasteiger partial charge in [-0.1, -0.05) is 6.07 Å². The highest BCUT2D eigenvalue weighted by Gasteiger charge is 2.21. The van der Waals surface area contributed by atoms with Crippen molar-refractivity contribution in [3.63, 3.8) is 0 Å². The molecule has 0 atom stereocenters. The van der Waals surface area contributed by atoms with E-state index in [1.807, 2.05) is 24.3 Å². The van der Waals surface area contributed by atoms with Crippen molar-refractivity contribution in [2.75, 3.05) is 45.1 Å². The zero-order valence-corrected chi connectivity index (χ0v) is 16.2. The second-order valence-electron chi connectivity index (χ2n) is 6.95. The number of ether oxygens (including phenoxy) is 4. The largest absolute Gasteiger partial charge is 0.454 e. The summed E-state index contributed by atoms with van der Waals surface area (Å²) in [6.45, 7) is 5.17. The van der Waals surface area contributed by atoms with Gasteiger partial charge in [0.2, 0.25) is 13.6 Å². The lowest BCUT2D eigenvalue weighted by Crippen LogP contribution is -2.49. The Morgan fingerprint density at radius 1 is 0.821 bits per heavy atom. The number of piperazine rings is 1. The Balaban J connectivity index is 1.14. The smallest absolute Gasteiger partial charge is 0.231 e. The first-order chi connectivity index (χ1) is 13.7. The average molecular weight is 399 g/mol. The molecule has 8 heteroatoms. The number of anilines is 1. The minimum atomic E-state index is 0.272. The van der Waals surface area contributed by atoms with Gasteiger partial charge >= 0.3 is 0 Å².